The van der Waals surface area contributed by atoms with Crippen LogP contribution in [0.3, 0.4) is 0 Å². The van der Waals surface area contributed by atoms with Gasteiger partial charge in [-0.2, -0.15) is 0 Å². The fourth-order valence-corrected chi connectivity index (χ4v) is 7.26. The zero-order chi connectivity index (χ0) is 42.2. The second-order valence-corrected chi connectivity index (χ2v) is 16.6. The molecule has 1 saturated heterocycles. The standard InChI is InChI=1S/C49H90O9/c1-3-5-7-9-11-13-15-17-18-19-20-21-22-23-24-25-27-29-31-33-35-37-39-55-41-43(42-56-49-48(54)47(53)46(52)44(40-50)58-49)57-45(51)38-36-34-32-30-28-26-16-14-12-10-8-6-4-2/h15,17,19-20,22-23,43-44,46-50,52-54H,3-14,16,18,21,24-42H2,1-2H3/b17-15-,20-19-,23-22-. The van der Waals surface area contributed by atoms with Crippen LogP contribution in [-0.2, 0) is 23.7 Å². The highest BCUT2D eigenvalue weighted by Crippen LogP contribution is 2.23. The average molecular weight is 823 g/mol. The van der Waals surface area contributed by atoms with Crippen LogP contribution in [0.1, 0.15) is 206 Å². The van der Waals surface area contributed by atoms with Crippen LogP contribution in [0.25, 0.3) is 0 Å². The molecule has 340 valence electrons. The Bertz CT molecular complexity index is 983. The second kappa shape index (κ2) is 40.8. The number of allylic oxidation sites excluding steroid dienone is 6. The molecule has 4 N–H and O–H groups in total. The molecule has 58 heavy (non-hydrogen) atoms. The molecule has 0 aromatic carbocycles. The van der Waals surface area contributed by atoms with Gasteiger partial charge in [0.25, 0.3) is 0 Å². The first-order valence-electron chi connectivity index (χ1n) is 24.1. The zero-order valence-electron chi connectivity index (χ0n) is 37.3. The zero-order valence-corrected chi connectivity index (χ0v) is 37.3. The monoisotopic (exact) mass is 823 g/mol. The fraction of sp³-hybridized carbons (Fsp3) is 0.857. The van der Waals surface area contributed by atoms with E-state index < -0.39 is 43.4 Å². The predicted molar refractivity (Wildman–Crippen MR) is 238 cm³/mol. The summed E-state index contributed by atoms with van der Waals surface area (Å²) in [6, 6.07) is 0. The number of carbonyl (C=O) groups excluding carboxylic acids is 1. The number of ether oxygens (including phenoxy) is 4. The molecule has 0 aliphatic carbocycles. The smallest absolute Gasteiger partial charge is 0.306 e. The van der Waals surface area contributed by atoms with Crippen molar-refractivity contribution in [1.82, 2.24) is 0 Å². The van der Waals surface area contributed by atoms with Crippen LogP contribution in [-0.4, -0.2) is 89.6 Å². The summed E-state index contributed by atoms with van der Waals surface area (Å²) in [5, 5.41) is 40.1. The minimum absolute atomic E-state index is 0.115. The summed E-state index contributed by atoms with van der Waals surface area (Å²) in [5.74, 6) is -0.316. The van der Waals surface area contributed by atoms with Crippen LogP contribution < -0.4 is 0 Å². The summed E-state index contributed by atoms with van der Waals surface area (Å²) in [6.45, 7) is 4.54. The van der Waals surface area contributed by atoms with E-state index in [1.807, 2.05) is 0 Å². The van der Waals surface area contributed by atoms with E-state index in [1.54, 1.807) is 0 Å². The van der Waals surface area contributed by atoms with Crippen molar-refractivity contribution >= 4 is 5.97 Å². The Morgan fingerprint density at radius 2 is 1.00 bits per heavy atom. The summed E-state index contributed by atoms with van der Waals surface area (Å²) in [5.41, 5.74) is 0. The van der Waals surface area contributed by atoms with Crippen LogP contribution in [0.4, 0.5) is 0 Å². The molecule has 0 radical (unpaired) electrons. The van der Waals surface area contributed by atoms with E-state index in [1.165, 1.54) is 128 Å². The maximum absolute atomic E-state index is 12.8. The number of hydrogen-bond acceptors (Lipinski definition) is 9. The van der Waals surface area contributed by atoms with E-state index in [2.05, 4.69) is 50.3 Å². The fourth-order valence-electron chi connectivity index (χ4n) is 7.26. The summed E-state index contributed by atoms with van der Waals surface area (Å²) in [4.78, 5) is 12.8. The van der Waals surface area contributed by atoms with Gasteiger partial charge < -0.3 is 39.4 Å². The third-order valence-corrected chi connectivity index (χ3v) is 11.1. The highest BCUT2D eigenvalue weighted by molar-refractivity contribution is 5.69. The van der Waals surface area contributed by atoms with Gasteiger partial charge in [0.05, 0.1) is 19.8 Å². The van der Waals surface area contributed by atoms with E-state index in [9.17, 15) is 25.2 Å². The van der Waals surface area contributed by atoms with Crippen molar-refractivity contribution < 1.29 is 44.2 Å². The van der Waals surface area contributed by atoms with Gasteiger partial charge in [-0.15, -0.1) is 0 Å². The molecule has 1 heterocycles. The molecule has 0 spiro atoms. The first kappa shape index (κ1) is 54.4. The van der Waals surface area contributed by atoms with E-state index in [0.29, 0.717) is 13.0 Å². The third-order valence-electron chi connectivity index (χ3n) is 11.1. The molecular formula is C49H90O9. The van der Waals surface area contributed by atoms with Crippen LogP contribution in [0.5, 0.6) is 0 Å². The Morgan fingerprint density at radius 1 is 0.552 bits per heavy atom. The van der Waals surface area contributed by atoms with Gasteiger partial charge >= 0.3 is 5.97 Å². The van der Waals surface area contributed by atoms with E-state index in [0.717, 1.165) is 57.8 Å². The third kappa shape index (κ3) is 31.3. The molecule has 1 aliphatic heterocycles. The normalized spacial score (nSPS) is 20.6. The van der Waals surface area contributed by atoms with Gasteiger partial charge in [-0.3, -0.25) is 4.79 Å². The van der Waals surface area contributed by atoms with Crippen molar-refractivity contribution in [2.24, 2.45) is 0 Å². The number of aliphatic hydroxyl groups excluding tert-OH is 4. The van der Waals surface area contributed by atoms with Gasteiger partial charge in [0.1, 0.15) is 30.5 Å². The van der Waals surface area contributed by atoms with Gasteiger partial charge in [-0.25, -0.2) is 0 Å². The minimum Gasteiger partial charge on any atom is -0.457 e. The number of hydrogen-bond donors (Lipinski definition) is 4. The lowest BCUT2D eigenvalue weighted by Gasteiger charge is -2.39. The summed E-state index contributed by atoms with van der Waals surface area (Å²) in [6.07, 6.45) is 41.7. The Hall–Kier alpha value is -1.59. The van der Waals surface area contributed by atoms with Gasteiger partial charge in [-0.1, -0.05) is 185 Å². The highest BCUT2D eigenvalue weighted by atomic mass is 16.7. The van der Waals surface area contributed by atoms with E-state index >= 15 is 0 Å². The Labute approximate surface area is 355 Å². The molecule has 0 aromatic heterocycles. The minimum atomic E-state index is -1.54. The van der Waals surface area contributed by atoms with Crippen molar-refractivity contribution in [2.75, 3.05) is 26.4 Å². The molecule has 0 saturated carbocycles. The molecule has 0 bridgehead atoms. The Balaban J connectivity index is 2.22. The summed E-state index contributed by atoms with van der Waals surface area (Å²) >= 11 is 0. The lowest BCUT2D eigenvalue weighted by atomic mass is 9.99. The van der Waals surface area contributed by atoms with Crippen LogP contribution >= 0.6 is 0 Å². The number of unbranched alkanes of at least 4 members (excludes halogenated alkanes) is 24. The van der Waals surface area contributed by atoms with Crippen molar-refractivity contribution in [1.29, 1.82) is 0 Å². The first-order valence-corrected chi connectivity index (χ1v) is 24.1. The molecule has 1 rings (SSSR count). The quantitative estimate of drug-likeness (QED) is 0.0270. The number of rotatable bonds is 41. The van der Waals surface area contributed by atoms with Crippen LogP contribution in [0.15, 0.2) is 36.5 Å². The molecule has 6 unspecified atom stereocenters. The van der Waals surface area contributed by atoms with Gasteiger partial charge in [0.15, 0.2) is 6.29 Å². The number of carbonyl (C=O) groups is 1. The van der Waals surface area contributed by atoms with E-state index in [4.69, 9.17) is 18.9 Å². The molecule has 0 aromatic rings. The van der Waals surface area contributed by atoms with Crippen LogP contribution in [0, 0.1) is 0 Å². The van der Waals surface area contributed by atoms with Gasteiger partial charge in [0.2, 0.25) is 0 Å². The topological polar surface area (TPSA) is 135 Å². The Morgan fingerprint density at radius 3 is 1.50 bits per heavy atom. The first-order chi connectivity index (χ1) is 28.4. The molecule has 6 atom stereocenters. The summed E-state index contributed by atoms with van der Waals surface area (Å²) in [7, 11) is 0. The molecule has 9 nitrogen and oxygen atoms in total. The maximum atomic E-state index is 12.8. The van der Waals surface area contributed by atoms with Gasteiger partial charge in [0, 0.05) is 13.0 Å². The molecule has 1 aliphatic rings. The average Bonchev–Trinajstić information content (AvgIpc) is 3.22. The van der Waals surface area contributed by atoms with Gasteiger partial charge in [-0.05, 0) is 51.4 Å². The second-order valence-electron chi connectivity index (χ2n) is 16.6. The lowest BCUT2D eigenvalue weighted by Crippen LogP contribution is -2.59. The Kier molecular flexibility index (Phi) is 38.3. The predicted octanol–water partition coefficient (Wildman–Crippen LogP) is 11.1. The maximum Gasteiger partial charge on any atom is 0.306 e. The largest absolute Gasteiger partial charge is 0.457 e. The molecular weight excluding hydrogens is 733 g/mol. The van der Waals surface area contributed by atoms with Crippen molar-refractivity contribution in [3.05, 3.63) is 36.5 Å². The van der Waals surface area contributed by atoms with Crippen LogP contribution in [0.2, 0.25) is 0 Å². The number of esters is 1. The highest BCUT2D eigenvalue weighted by Gasteiger charge is 2.44. The van der Waals surface area contributed by atoms with Crippen molar-refractivity contribution in [2.45, 2.75) is 243 Å². The molecule has 9 heteroatoms. The summed E-state index contributed by atoms with van der Waals surface area (Å²) < 4.78 is 22.8. The lowest BCUT2D eigenvalue weighted by molar-refractivity contribution is -0.305. The molecule has 0 amide bonds. The SMILES string of the molecule is CCCCCCC/C=C\C/C=C\C/C=C\CCCCCCCCCOCC(COC1OC(CO)C(O)C(O)C1O)OC(=O)CCCCCCCCCCCCCCC. The van der Waals surface area contributed by atoms with E-state index in [-0.39, 0.29) is 19.2 Å². The number of aliphatic hydroxyl groups is 4. The molecule has 1 fully saturated rings. The van der Waals surface area contributed by atoms with Crippen molar-refractivity contribution in [3.63, 3.8) is 0 Å². The van der Waals surface area contributed by atoms with Crippen molar-refractivity contribution in [3.8, 4) is 0 Å².